The summed E-state index contributed by atoms with van der Waals surface area (Å²) >= 11 is 0. The molecule has 6 heteroatoms. The highest BCUT2D eigenvalue weighted by atomic mass is 16.5. The van der Waals surface area contributed by atoms with Gasteiger partial charge in [-0.1, -0.05) is 32.1 Å². The predicted octanol–water partition coefficient (Wildman–Crippen LogP) is 1.18. The monoisotopic (exact) mass is 295 g/mol. The van der Waals surface area contributed by atoms with Gasteiger partial charge in [0.05, 0.1) is 12.7 Å². The topological polar surface area (TPSA) is 99.0 Å². The van der Waals surface area contributed by atoms with Gasteiger partial charge in [0.2, 0.25) is 0 Å². The molecule has 0 aliphatic carbocycles. The largest absolute Gasteiger partial charge is 0.491 e. The van der Waals surface area contributed by atoms with Gasteiger partial charge in [-0.25, -0.2) is 5.48 Å². The molecular weight excluding hydrogens is 274 g/mol. The number of aliphatic hydroxyl groups is 2. The number of hydroxylamine groups is 1. The van der Waals surface area contributed by atoms with E-state index in [0.29, 0.717) is 11.3 Å². The van der Waals surface area contributed by atoms with Crippen molar-refractivity contribution in [1.82, 2.24) is 5.48 Å². The Morgan fingerprint density at radius 2 is 2.19 bits per heavy atom. The van der Waals surface area contributed by atoms with Crippen molar-refractivity contribution in [1.29, 1.82) is 0 Å². The number of aliphatic hydroxyl groups excluding tert-OH is 2. The molecule has 0 aromatic heterocycles. The number of carbonyl (C=O) groups excluding carboxylic acids is 1. The van der Waals surface area contributed by atoms with Crippen molar-refractivity contribution in [3.8, 4) is 5.75 Å². The molecule has 21 heavy (non-hydrogen) atoms. The first-order valence-electron chi connectivity index (χ1n) is 6.55. The molecule has 0 heterocycles. The third-order valence-corrected chi connectivity index (χ3v) is 3.01. The van der Waals surface area contributed by atoms with Crippen LogP contribution in [0.2, 0.25) is 0 Å². The van der Waals surface area contributed by atoms with Gasteiger partial charge in [0.25, 0.3) is 5.91 Å². The lowest BCUT2D eigenvalue weighted by Gasteiger charge is -2.27. The molecular formula is C15H21NO5. The maximum Gasteiger partial charge on any atom is 0.267 e. The second-order valence-electron chi connectivity index (χ2n) is 5.18. The van der Waals surface area contributed by atoms with Crippen molar-refractivity contribution < 1.29 is 25.0 Å². The number of hydrogen-bond donors (Lipinski definition) is 4. The van der Waals surface area contributed by atoms with Gasteiger partial charge >= 0.3 is 0 Å². The molecule has 1 aromatic carbocycles. The van der Waals surface area contributed by atoms with E-state index < -0.39 is 17.4 Å². The second kappa shape index (κ2) is 7.78. The number of amides is 1. The Morgan fingerprint density at radius 3 is 2.81 bits per heavy atom. The minimum atomic E-state index is -0.863. The Morgan fingerprint density at radius 1 is 1.48 bits per heavy atom. The zero-order chi connectivity index (χ0) is 15.9. The molecule has 116 valence electrons. The zero-order valence-electron chi connectivity index (χ0n) is 12.1. The molecule has 0 unspecified atom stereocenters. The van der Waals surface area contributed by atoms with E-state index in [1.807, 2.05) is 0 Å². The SMILES string of the molecule is CC(C)(/C=C/C(=O)NO)[C@@H](O)c1cccc(OCCO)c1. The number of nitrogens with one attached hydrogen (secondary N) is 1. The smallest absolute Gasteiger partial charge is 0.267 e. The van der Waals surface area contributed by atoms with Crippen LogP contribution in [0.1, 0.15) is 25.5 Å². The van der Waals surface area contributed by atoms with Gasteiger partial charge in [-0.05, 0) is 17.7 Å². The summed E-state index contributed by atoms with van der Waals surface area (Å²) in [6, 6.07) is 6.90. The van der Waals surface area contributed by atoms with Gasteiger partial charge in [-0.2, -0.15) is 0 Å². The van der Waals surface area contributed by atoms with Crippen LogP contribution in [0.15, 0.2) is 36.4 Å². The molecule has 0 saturated heterocycles. The first kappa shape index (κ1) is 17.2. The Balaban J connectivity index is 2.88. The van der Waals surface area contributed by atoms with Gasteiger partial charge in [0.15, 0.2) is 0 Å². The minimum Gasteiger partial charge on any atom is -0.491 e. The fourth-order valence-electron chi connectivity index (χ4n) is 1.79. The highest BCUT2D eigenvalue weighted by molar-refractivity contribution is 5.86. The molecule has 0 spiro atoms. The number of rotatable bonds is 7. The summed E-state index contributed by atoms with van der Waals surface area (Å²) in [5.74, 6) is -0.108. The minimum absolute atomic E-state index is 0.0860. The van der Waals surface area contributed by atoms with Crippen molar-refractivity contribution >= 4 is 5.91 Å². The number of benzene rings is 1. The summed E-state index contributed by atoms with van der Waals surface area (Å²) in [5, 5.41) is 27.6. The summed E-state index contributed by atoms with van der Waals surface area (Å²) in [7, 11) is 0. The van der Waals surface area contributed by atoms with E-state index in [0.717, 1.165) is 6.08 Å². The maximum atomic E-state index is 11.0. The summed E-state index contributed by atoms with van der Waals surface area (Å²) in [5.41, 5.74) is 1.41. The van der Waals surface area contributed by atoms with Crippen LogP contribution < -0.4 is 10.2 Å². The van der Waals surface area contributed by atoms with Gasteiger partial charge in [-0.3, -0.25) is 10.0 Å². The Bertz CT molecular complexity index is 499. The number of carbonyl (C=O) groups is 1. The summed E-state index contributed by atoms with van der Waals surface area (Å²) < 4.78 is 5.30. The predicted molar refractivity (Wildman–Crippen MR) is 76.8 cm³/mol. The summed E-state index contributed by atoms with van der Waals surface area (Å²) in [6.07, 6.45) is 1.82. The average molecular weight is 295 g/mol. The number of ether oxygens (including phenoxy) is 1. The number of hydrogen-bond acceptors (Lipinski definition) is 5. The van der Waals surface area contributed by atoms with E-state index in [1.165, 1.54) is 11.6 Å². The van der Waals surface area contributed by atoms with Crippen LogP contribution in [0.5, 0.6) is 5.75 Å². The van der Waals surface area contributed by atoms with Crippen molar-refractivity contribution in [2.75, 3.05) is 13.2 Å². The Labute approximate surface area is 123 Å². The van der Waals surface area contributed by atoms with E-state index in [-0.39, 0.29) is 13.2 Å². The molecule has 4 N–H and O–H groups in total. The Kier molecular flexibility index (Phi) is 6.36. The lowest BCUT2D eigenvalue weighted by atomic mass is 9.82. The van der Waals surface area contributed by atoms with Crippen LogP contribution in [0, 0.1) is 5.41 Å². The molecule has 1 amide bonds. The molecule has 1 rings (SSSR count). The molecule has 0 radical (unpaired) electrons. The van der Waals surface area contributed by atoms with E-state index in [9.17, 15) is 9.90 Å². The highest BCUT2D eigenvalue weighted by Crippen LogP contribution is 2.35. The van der Waals surface area contributed by atoms with Crippen molar-refractivity contribution in [3.05, 3.63) is 42.0 Å². The van der Waals surface area contributed by atoms with Crippen molar-refractivity contribution in [2.24, 2.45) is 5.41 Å². The van der Waals surface area contributed by atoms with Crippen molar-refractivity contribution in [2.45, 2.75) is 20.0 Å². The highest BCUT2D eigenvalue weighted by Gasteiger charge is 2.27. The van der Waals surface area contributed by atoms with Crippen LogP contribution in [0.25, 0.3) is 0 Å². The molecule has 0 aliphatic heterocycles. The fraction of sp³-hybridized carbons (Fsp3) is 0.400. The molecule has 0 aliphatic rings. The maximum absolute atomic E-state index is 11.0. The lowest BCUT2D eigenvalue weighted by Crippen LogP contribution is -2.22. The molecule has 6 nitrogen and oxygen atoms in total. The molecule has 1 atom stereocenters. The molecule has 0 saturated carbocycles. The van der Waals surface area contributed by atoms with Crippen LogP contribution in [0.4, 0.5) is 0 Å². The van der Waals surface area contributed by atoms with Crippen molar-refractivity contribution in [3.63, 3.8) is 0 Å². The first-order valence-corrected chi connectivity index (χ1v) is 6.55. The third-order valence-electron chi connectivity index (χ3n) is 3.01. The second-order valence-corrected chi connectivity index (χ2v) is 5.18. The van der Waals surface area contributed by atoms with E-state index in [1.54, 1.807) is 38.1 Å². The molecule has 0 bridgehead atoms. The third kappa shape index (κ3) is 5.18. The van der Waals surface area contributed by atoms with E-state index >= 15 is 0 Å². The van der Waals surface area contributed by atoms with Crippen LogP contribution in [-0.4, -0.2) is 34.5 Å². The van der Waals surface area contributed by atoms with Crippen LogP contribution >= 0.6 is 0 Å². The van der Waals surface area contributed by atoms with E-state index in [4.69, 9.17) is 15.1 Å². The average Bonchev–Trinajstić information content (AvgIpc) is 2.50. The molecule has 1 aromatic rings. The van der Waals surface area contributed by atoms with Gasteiger partial charge in [-0.15, -0.1) is 0 Å². The fourth-order valence-corrected chi connectivity index (χ4v) is 1.79. The van der Waals surface area contributed by atoms with Gasteiger partial charge in [0, 0.05) is 11.5 Å². The van der Waals surface area contributed by atoms with Crippen LogP contribution in [-0.2, 0) is 4.79 Å². The van der Waals surface area contributed by atoms with E-state index in [2.05, 4.69) is 0 Å². The lowest BCUT2D eigenvalue weighted by molar-refractivity contribution is -0.124. The summed E-state index contributed by atoms with van der Waals surface area (Å²) in [6.45, 7) is 3.62. The summed E-state index contributed by atoms with van der Waals surface area (Å²) in [4.78, 5) is 11.0. The normalized spacial score (nSPS) is 13.2. The zero-order valence-corrected chi connectivity index (χ0v) is 12.1. The van der Waals surface area contributed by atoms with Gasteiger partial charge < -0.3 is 14.9 Å². The molecule has 0 fully saturated rings. The quantitative estimate of drug-likeness (QED) is 0.344. The first-order chi connectivity index (χ1) is 9.90. The van der Waals surface area contributed by atoms with Gasteiger partial charge in [0.1, 0.15) is 12.4 Å². The standard InChI is InChI=1S/C15H21NO5/c1-15(2,7-6-13(18)16-20)14(19)11-4-3-5-12(10-11)21-9-8-17/h3-7,10,14,17,19-20H,8-9H2,1-2H3,(H,16,18)/b7-6+/t14-/m0/s1. The Hall–Kier alpha value is -1.89. The van der Waals surface area contributed by atoms with Crippen LogP contribution in [0.3, 0.4) is 0 Å².